The monoisotopic (exact) mass is 491 g/mol. The van der Waals surface area contributed by atoms with E-state index in [2.05, 4.69) is 5.32 Å². The molecule has 2 aliphatic rings. The number of benzene rings is 2. The van der Waals surface area contributed by atoms with Crippen LogP contribution in [-0.2, 0) is 24.8 Å². The summed E-state index contributed by atoms with van der Waals surface area (Å²) in [4.78, 5) is 13.4. The fourth-order valence-electron chi connectivity index (χ4n) is 4.38. The third-order valence-electron chi connectivity index (χ3n) is 6.28. The number of anilines is 1. The number of amides is 1. The van der Waals surface area contributed by atoms with Crippen LogP contribution in [0.3, 0.4) is 0 Å². The van der Waals surface area contributed by atoms with Crippen molar-refractivity contribution in [3.05, 3.63) is 54.1 Å². The molecule has 1 amide bonds. The molecule has 0 radical (unpaired) electrons. The molecule has 0 aromatic heterocycles. The summed E-state index contributed by atoms with van der Waals surface area (Å²) in [5.41, 5.74) is 1.08. The Bertz CT molecular complexity index is 1220. The lowest BCUT2D eigenvalue weighted by Crippen LogP contribution is -2.43. The first-order valence-corrected chi connectivity index (χ1v) is 14.1. The topological polar surface area (TPSA) is 104 Å². The molecule has 2 heterocycles. The van der Waals surface area contributed by atoms with Crippen LogP contribution in [0.4, 0.5) is 5.69 Å². The molecule has 4 rings (SSSR count). The van der Waals surface area contributed by atoms with E-state index in [1.54, 1.807) is 37.3 Å². The first-order chi connectivity index (χ1) is 15.7. The van der Waals surface area contributed by atoms with E-state index < -0.39 is 32.0 Å². The molecular weight excluding hydrogens is 462 g/mol. The van der Waals surface area contributed by atoms with E-state index in [0.717, 1.165) is 19.3 Å². The van der Waals surface area contributed by atoms with E-state index in [4.69, 9.17) is 0 Å². The minimum atomic E-state index is -3.81. The number of nitrogens with one attached hydrogen (secondary N) is 1. The van der Waals surface area contributed by atoms with E-state index in [0.29, 0.717) is 37.2 Å². The number of sulfonamides is 2. The molecule has 10 heteroatoms. The maximum atomic E-state index is 13.1. The number of nitrogens with zero attached hydrogens (tertiary/aromatic N) is 2. The second-order valence-corrected chi connectivity index (χ2v) is 12.3. The summed E-state index contributed by atoms with van der Waals surface area (Å²) in [7, 11) is -7.46. The van der Waals surface area contributed by atoms with E-state index >= 15 is 0 Å². The molecule has 1 unspecified atom stereocenters. The summed E-state index contributed by atoms with van der Waals surface area (Å²) < 4.78 is 55.0. The molecule has 2 aromatic rings. The molecule has 2 saturated heterocycles. The van der Waals surface area contributed by atoms with Gasteiger partial charge in [0.05, 0.1) is 9.79 Å². The fourth-order valence-corrected chi connectivity index (χ4v) is 7.61. The molecule has 1 N–H and O–H groups in total. The number of hydrogen-bond acceptors (Lipinski definition) is 5. The quantitative estimate of drug-likeness (QED) is 0.669. The van der Waals surface area contributed by atoms with E-state index in [1.165, 1.54) is 26.8 Å². The molecule has 8 nitrogen and oxygen atoms in total. The van der Waals surface area contributed by atoms with Crippen LogP contribution >= 0.6 is 0 Å². The largest absolute Gasteiger partial charge is 0.324 e. The van der Waals surface area contributed by atoms with Crippen LogP contribution in [-0.4, -0.2) is 57.0 Å². The van der Waals surface area contributed by atoms with Gasteiger partial charge in [-0.2, -0.15) is 8.61 Å². The summed E-state index contributed by atoms with van der Waals surface area (Å²) >= 11 is 0. The summed E-state index contributed by atoms with van der Waals surface area (Å²) in [5, 5.41) is 2.79. The lowest BCUT2D eigenvalue weighted by Gasteiger charge is -2.26. The van der Waals surface area contributed by atoms with Crippen molar-refractivity contribution in [3.63, 3.8) is 0 Å². The first-order valence-electron chi connectivity index (χ1n) is 11.2. The summed E-state index contributed by atoms with van der Waals surface area (Å²) in [6, 6.07) is 11.9. The third-order valence-corrected chi connectivity index (χ3v) is 10.1. The fraction of sp³-hybridized carbons (Fsp3) is 0.435. The summed E-state index contributed by atoms with van der Waals surface area (Å²) in [5.74, 6) is -0.456. The highest BCUT2D eigenvalue weighted by Crippen LogP contribution is 2.29. The van der Waals surface area contributed by atoms with Gasteiger partial charge in [0.1, 0.15) is 6.04 Å². The lowest BCUT2D eigenvalue weighted by molar-refractivity contribution is -0.119. The Morgan fingerprint density at radius 2 is 1.55 bits per heavy atom. The van der Waals surface area contributed by atoms with Crippen molar-refractivity contribution >= 4 is 31.6 Å². The van der Waals surface area contributed by atoms with Crippen molar-refractivity contribution < 1.29 is 21.6 Å². The van der Waals surface area contributed by atoms with Crippen LogP contribution in [0.15, 0.2) is 58.3 Å². The standard InChI is InChI=1S/C23H29N3O5S2/c1-18-12-13-20(32(28,29)25-14-6-3-7-15-25)17-21(18)24-23(27)22-11-8-16-26(22)33(30,31)19-9-4-2-5-10-19/h2,4-5,9-10,12-13,17,22H,3,6-8,11,14-16H2,1H3,(H,24,27). The van der Waals surface area contributed by atoms with Crippen molar-refractivity contribution in [2.24, 2.45) is 0 Å². The van der Waals surface area contributed by atoms with E-state index in [-0.39, 0.29) is 16.3 Å². The highest BCUT2D eigenvalue weighted by Gasteiger charge is 2.39. The van der Waals surface area contributed by atoms with Gasteiger partial charge in [0, 0.05) is 25.3 Å². The van der Waals surface area contributed by atoms with Gasteiger partial charge < -0.3 is 5.32 Å². The van der Waals surface area contributed by atoms with Crippen LogP contribution in [0.25, 0.3) is 0 Å². The number of carbonyl (C=O) groups is 1. The third kappa shape index (κ3) is 4.84. The van der Waals surface area contributed by atoms with E-state index in [9.17, 15) is 21.6 Å². The summed E-state index contributed by atoms with van der Waals surface area (Å²) in [6.07, 6.45) is 3.67. The lowest BCUT2D eigenvalue weighted by atomic mass is 10.1. The zero-order valence-electron chi connectivity index (χ0n) is 18.6. The maximum absolute atomic E-state index is 13.1. The second-order valence-electron chi connectivity index (χ2n) is 8.52. The van der Waals surface area contributed by atoms with Crippen molar-refractivity contribution in [1.82, 2.24) is 8.61 Å². The number of piperidine rings is 1. The van der Waals surface area contributed by atoms with Crippen molar-refractivity contribution in [2.75, 3.05) is 25.0 Å². The Morgan fingerprint density at radius 1 is 0.848 bits per heavy atom. The van der Waals surface area contributed by atoms with Gasteiger partial charge >= 0.3 is 0 Å². The minimum absolute atomic E-state index is 0.130. The molecule has 0 bridgehead atoms. The molecule has 0 saturated carbocycles. The average molecular weight is 492 g/mol. The predicted octanol–water partition coefficient (Wildman–Crippen LogP) is 2.96. The van der Waals surface area contributed by atoms with Crippen molar-refractivity contribution in [1.29, 1.82) is 0 Å². The van der Waals surface area contributed by atoms with Gasteiger partial charge in [-0.15, -0.1) is 0 Å². The Morgan fingerprint density at radius 3 is 2.24 bits per heavy atom. The predicted molar refractivity (Wildman–Crippen MR) is 126 cm³/mol. The van der Waals surface area contributed by atoms with Crippen molar-refractivity contribution in [3.8, 4) is 0 Å². The molecular formula is C23H29N3O5S2. The number of rotatable bonds is 6. The van der Waals surface area contributed by atoms with Gasteiger partial charge in [0.2, 0.25) is 26.0 Å². The Hall–Kier alpha value is -2.27. The van der Waals surface area contributed by atoms with Gasteiger partial charge in [0.15, 0.2) is 0 Å². The molecule has 33 heavy (non-hydrogen) atoms. The minimum Gasteiger partial charge on any atom is -0.324 e. The number of carbonyl (C=O) groups excluding carboxylic acids is 1. The van der Waals surface area contributed by atoms with Crippen LogP contribution in [0.5, 0.6) is 0 Å². The maximum Gasteiger partial charge on any atom is 0.243 e. The number of aryl methyl sites for hydroxylation is 1. The van der Waals surface area contributed by atoms with Gasteiger partial charge in [-0.1, -0.05) is 30.7 Å². The van der Waals surface area contributed by atoms with Crippen molar-refractivity contribution in [2.45, 2.75) is 54.9 Å². The Labute approximate surface area is 195 Å². The smallest absolute Gasteiger partial charge is 0.243 e. The molecule has 178 valence electrons. The molecule has 2 aliphatic heterocycles. The Kier molecular flexibility index (Phi) is 6.90. The van der Waals surface area contributed by atoms with E-state index in [1.807, 2.05) is 0 Å². The molecule has 2 aromatic carbocycles. The first kappa shape index (κ1) is 23.9. The van der Waals surface area contributed by atoms with Crippen LogP contribution in [0.1, 0.15) is 37.7 Å². The molecule has 2 fully saturated rings. The molecule has 0 spiro atoms. The highest BCUT2D eigenvalue weighted by molar-refractivity contribution is 7.89. The van der Waals surface area contributed by atoms with Crippen LogP contribution in [0, 0.1) is 6.92 Å². The van der Waals surface area contributed by atoms with Crippen LogP contribution < -0.4 is 5.32 Å². The second kappa shape index (κ2) is 9.54. The SMILES string of the molecule is Cc1ccc(S(=O)(=O)N2CCCCC2)cc1NC(=O)C1CCCN1S(=O)(=O)c1ccccc1. The van der Waals surface area contributed by atoms with Gasteiger partial charge in [-0.3, -0.25) is 4.79 Å². The van der Waals surface area contributed by atoms with Crippen LogP contribution in [0.2, 0.25) is 0 Å². The molecule has 1 atom stereocenters. The Balaban J connectivity index is 1.56. The number of hydrogen-bond donors (Lipinski definition) is 1. The van der Waals surface area contributed by atoms with Gasteiger partial charge in [0.25, 0.3) is 0 Å². The van der Waals surface area contributed by atoms with Gasteiger partial charge in [-0.25, -0.2) is 16.8 Å². The highest BCUT2D eigenvalue weighted by atomic mass is 32.2. The molecule has 0 aliphatic carbocycles. The van der Waals surface area contributed by atoms with Gasteiger partial charge in [-0.05, 0) is 62.4 Å². The zero-order chi connectivity index (χ0) is 23.6. The normalized spacial score (nSPS) is 20.6. The zero-order valence-corrected chi connectivity index (χ0v) is 20.2. The average Bonchev–Trinajstić information content (AvgIpc) is 3.33. The summed E-state index contributed by atoms with van der Waals surface area (Å²) in [6.45, 7) is 3.02.